The molecule has 2 aromatic rings. The van der Waals surface area contributed by atoms with Crippen LogP contribution in [-0.2, 0) is 11.2 Å². The number of nitrogens with one attached hydrogen (secondary N) is 4. The van der Waals surface area contributed by atoms with E-state index in [1.54, 1.807) is 13.0 Å². The summed E-state index contributed by atoms with van der Waals surface area (Å²) in [5.74, 6) is -2.11. The molecule has 10 nitrogen and oxygen atoms in total. The van der Waals surface area contributed by atoms with E-state index in [2.05, 4.69) is 25.9 Å². The summed E-state index contributed by atoms with van der Waals surface area (Å²) >= 11 is 12.0. The van der Waals surface area contributed by atoms with E-state index >= 15 is 0 Å². The van der Waals surface area contributed by atoms with E-state index in [4.69, 9.17) is 23.2 Å². The normalized spacial score (nSPS) is 11.4. The number of anilines is 1. The molecule has 0 aliphatic carbocycles. The average molecular weight is 442 g/mol. The van der Waals surface area contributed by atoms with Gasteiger partial charge >= 0.3 is 17.7 Å². The number of halogens is 2. The van der Waals surface area contributed by atoms with E-state index in [1.807, 2.05) is 0 Å². The van der Waals surface area contributed by atoms with Crippen molar-refractivity contribution >= 4 is 46.9 Å². The Balaban J connectivity index is 2.31. The van der Waals surface area contributed by atoms with Gasteiger partial charge in [0.15, 0.2) is 0 Å². The van der Waals surface area contributed by atoms with Crippen LogP contribution in [0.4, 0.5) is 10.6 Å². The molecule has 29 heavy (non-hydrogen) atoms. The number of benzene rings is 1. The number of amides is 3. The maximum atomic E-state index is 12.6. The predicted molar refractivity (Wildman–Crippen MR) is 107 cm³/mol. The Kier molecular flexibility index (Phi) is 7.57. The first kappa shape index (κ1) is 22.2. The van der Waals surface area contributed by atoms with Gasteiger partial charge in [0.1, 0.15) is 11.9 Å². The third kappa shape index (κ3) is 5.93. The minimum absolute atomic E-state index is 0.0188. The molecular weight excluding hydrogens is 425 g/mol. The Morgan fingerprint density at radius 1 is 1.24 bits per heavy atom. The van der Waals surface area contributed by atoms with Crippen molar-refractivity contribution in [2.75, 3.05) is 11.9 Å². The Bertz CT molecular complexity index is 974. The SMILES string of the molecule is CCNC(=O)NC(Cc1cnc(=O)[nH]c1NC(=O)c1c(Cl)cccc1Cl)C(=O)O. The monoisotopic (exact) mass is 441 g/mol. The van der Waals surface area contributed by atoms with Gasteiger partial charge in [0.2, 0.25) is 0 Å². The van der Waals surface area contributed by atoms with Crippen LogP contribution in [0.5, 0.6) is 0 Å². The van der Waals surface area contributed by atoms with Crippen molar-refractivity contribution in [2.24, 2.45) is 0 Å². The number of carbonyl (C=O) groups excluding carboxylic acids is 2. The standard InChI is InChI=1S/C17H17Cl2N5O5/c1-2-20-16(28)22-11(15(26)27)6-8-7-21-17(29)24-13(8)23-14(25)12-9(18)4-3-5-10(12)19/h3-5,7,11H,2,6H2,1H3,(H,26,27)(H2,20,22,28)(H2,21,23,24,25,29). The molecule has 154 valence electrons. The van der Waals surface area contributed by atoms with Gasteiger partial charge in [-0.2, -0.15) is 0 Å². The smallest absolute Gasteiger partial charge is 0.346 e. The largest absolute Gasteiger partial charge is 0.480 e. The Labute approximate surface area is 174 Å². The van der Waals surface area contributed by atoms with Crippen molar-refractivity contribution in [3.63, 3.8) is 0 Å². The fourth-order valence-corrected chi connectivity index (χ4v) is 2.94. The minimum Gasteiger partial charge on any atom is -0.480 e. The molecule has 5 N–H and O–H groups in total. The first-order valence-electron chi connectivity index (χ1n) is 8.33. The van der Waals surface area contributed by atoms with Crippen molar-refractivity contribution in [3.8, 4) is 0 Å². The highest BCUT2D eigenvalue weighted by molar-refractivity contribution is 6.40. The average Bonchev–Trinajstić information content (AvgIpc) is 2.63. The second-order valence-electron chi connectivity index (χ2n) is 5.74. The molecule has 1 atom stereocenters. The zero-order valence-electron chi connectivity index (χ0n) is 15.1. The summed E-state index contributed by atoms with van der Waals surface area (Å²) in [5, 5.41) is 16.7. The number of H-pyrrole nitrogens is 1. The molecule has 1 aromatic carbocycles. The molecule has 0 aliphatic heterocycles. The molecule has 0 spiro atoms. The minimum atomic E-state index is -1.34. The van der Waals surface area contributed by atoms with Crippen LogP contribution in [0, 0.1) is 0 Å². The molecule has 0 saturated carbocycles. The van der Waals surface area contributed by atoms with Crippen LogP contribution >= 0.6 is 23.2 Å². The Morgan fingerprint density at radius 3 is 2.48 bits per heavy atom. The molecule has 2 rings (SSSR count). The van der Waals surface area contributed by atoms with Crippen molar-refractivity contribution in [1.29, 1.82) is 0 Å². The maximum absolute atomic E-state index is 12.6. The van der Waals surface area contributed by atoms with E-state index in [0.29, 0.717) is 6.54 Å². The van der Waals surface area contributed by atoms with Crippen LogP contribution in [0.25, 0.3) is 0 Å². The van der Waals surface area contributed by atoms with Gasteiger partial charge in [0.05, 0.1) is 15.6 Å². The van der Waals surface area contributed by atoms with E-state index in [-0.39, 0.29) is 33.4 Å². The second kappa shape index (κ2) is 9.89. The molecule has 0 fully saturated rings. The topological polar surface area (TPSA) is 153 Å². The van der Waals surface area contributed by atoms with Gasteiger partial charge in [-0.1, -0.05) is 29.3 Å². The fraction of sp³-hybridized carbons (Fsp3) is 0.235. The summed E-state index contributed by atoms with van der Waals surface area (Å²) in [6, 6.07) is 2.48. The van der Waals surface area contributed by atoms with Crippen LogP contribution in [0.15, 0.2) is 29.2 Å². The first-order chi connectivity index (χ1) is 13.7. The summed E-state index contributed by atoms with van der Waals surface area (Å²) < 4.78 is 0. The number of urea groups is 1. The number of nitrogens with zero attached hydrogens (tertiary/aromatic N) is 1. The zero-order chi connectivity index (χ0) is 21.6. The third-order valence-corrected chi connectivity index (χ3v) is 4.31. The number of aromatic nitrogens is 2. The molecule has 0 saturated heterocycles. The van der Waals surface area contributed by atoms with Crippen LogP contribution in [0.2, 0.25) is 10.0 Å². The van der Waals surface area contributed by atoms with Gasteiger partial charge in [-0.3, -0.25) is 9.78 Å². The van der Waals surface area contributed by atoms with Gasteiger partial charge in [-0.25, -0.2) is 19.4 Å². The number of carboxylic acids is 1. The van der Waals surface area contributed by atoms with Gasteiger partial charge in [-0.15, -0.1) is 0 Å². The van der Waals surface area contributed by atoms with Gasteiger partial charge in [0.25, 0.3) is 5.91 Å². The van der Waals surface area contributed by atoms with Crippen LogP contribution in [-0.4, -0.2) is 45.6 Å². The number of rotatable bonds is 7. The quantitative estimate of drug-likeness (QED) is 0.440. The number of aromatic amines is 1. The summed E-state index contributed by atoms with van der Waals surface area (Å²) in [5.41, 5.74) is -0.613. The number of carbonyl (C=O) groups is 3. The van der Waals surface area contributed by atoms with E-state index < -0.39 is 29.6 Å². The number of hydrogen-bond acceptors (Lipinski definition) is 5. The third-order valence-electron chi connectivity index (χ3n) is 3.68. The second-order valence-corrected chi connectivity index (χ2v) is 6.55. The summed E-state index contributed by atoms with van der Waals surface area (Å²) in [6.45, 7) is 1.98. The van der Waals surface area contributed by atoms with E-state index in [0.717, 1.165) is 6.20 Å². The van der Waals surface area contributed by atoms with Crippen molar-refractivity contribution in [2.45, 2.75) is 19.4 Å². The van der Waals surface area contributed by atoms with Gasteiger partial charge in [0, 0.05) is 24.7 Å². The van der Waals surface area contributed by atoms with E-state index in [9.17, 15) is 24.3 Å². The van der Waals surface area contributed by atoms with Crippen LogP contribution < -0.4 is 21.6 Å². The first-order valence-corrected chi connectivity index (χ1v) is 9.09. The molecule has 3 amide bonds. The predicted octanol–water partition coefficient (Wildman–Crippen LogP) is 1.64. The summed E-state index contributed by atoms with van der Waals surface area (Å²) in [7, 11) is 0. The van der Waals surface area contributed by atoms with Crippen molar-refractivity contribution in [3.05, 3.63) is 56.1 Å². The van der Waals surface area contributed by atoms with Gasteiger partial charge < -0.3 is 21.1 Å². The van der Waals surface area contributed by atoms with Crippen molar-refractivity contribution < 1.29 is 19.5 Å². The molecular formula is C17H17Cl2N5O5. The molecule has 0 aliphatic rings. The molecule has 1 heterocycles. The fourth-order valence-electron chi connectivity index (χ4n) is 2.37. The van der Waals surface area contributed by atoms with Gasteiger partial charge in [-0.05, 0) is 19.1 Å². The Morgan fingerprint density at radius 2 is 1.90 bits per heavy atom. The van der Waals surface area contributed by atoms with Crippen molar-refractivity contribution in [1.82, 2.24) is 20.6 Å². The highest BCUT2D eigenvalue weighted by Gasteiger charge is 2.23. The zero-order valence-corrected chi connectivity index (χ0v) is 16.6. The lowest BCUT2D eigenvalue weighted by molar-refractivity contribution is -0.139. The summed E-state index contributed by atoms with van der Waals surface area (Å²) in [6.07, 6.45) is 0.847. The maximum Gasteiger partial charge on any atom is 0.346 e. The van der Waals surface area contributed by atoms with Crippen LogP contribution in [0.3, 0.4) is 0 Å². The number of hydrogen-bond donors (Lipinski definition) is 5. The Hall–Kier alpha value is -3.11. The summed E-state index contributed by atoms with van der Waals surface area (Å²) in [4.78, 5) is 53.2. The molecule has 0 radical (unpaired) electrons. The molecule has 1 unspecified atom stereocenters. The lowest BCUT2D eigenvalue weighted by atomic mass is 10.1. The lowest BCUT2D eigenvalue weighted by Crippen LogP contribution is -2.47. The number of aliphatic carboxylic acids is 1. The number of carboxylic acid groups (broad SMARTS) is 1. The highest BCUT2D eigenvalue weighted by atomic mass is 35.5. The molecule has 1 aromatic heterocycles. The molecule has 12 heteroatoms. The highest BCUT2D eigenvalue weighted by Crippen LogP contribution is 2.25. The van der Waals surface area contributed by atoms with E-state index in [1.165, 1.54) is 12.1 Å². The lowest BCUT2D eigenvalue weighted by Gasteiger charge is -2.17. The molecule has 0 bridgehead atoms. The van der Waals surface area contributed by atoms with Crippen LogP contribution in [0.1, 0.15) is 22.8 Å².